The average Bonchev–Trinajstić information content (AvgIpc) is 2.58. The number of hydrogen-bond acceptors (Lipinski definition) is 8. The van der Waals surface area contributed by atoms with Crippen molar-refractivity contribution >= 4 is 16.0 Å². The van der Waals surface area contributed by atoms with E-state index in [4.69, 9.17) is 20.3 Å². The Bertz CT molecular complexity index is 818. The summed E-state index contributed by atoms with van der Waals surface area (Å²) < 4.78 is 27.5. The first kappa shape index (κ1) is 19.0. The second kappa shape index (κ2) is 8.16. The van der Waals surface area contributed by atoms with Crippen molar-refractivity contribution in [1.82, 2.24) is 5.39 Å². The van der Waals surface area contributed by atoms with Crippen LogP contribution in [0.25, 0.3) is 0 Å². The molecular formula is C15H16N2O7S. The summed E-state index contributed by atoms with van der Waals surface area (Å²) in [5, 5.41) is 21.5. The first-order chi connectivity index (χ1) is 11.8. The van der Waals surface area contributed by atoms with Gasteiger partial charge in [-0.2, -0.15) is 0 Å². The van der Waals surface area contributed by atoms with Gasteiger partial charge in [0.25, 0.3) is 0 Å². The van der Waals surface area contributed by atoms with E-state index in [1.807, 2.05) is 0 Å². The largest absolute Gasteiger partial charge is 0.457 e. The van der Waals surface area contributed by atoms with Gasteiger partial charge in [-0.3, -0.25) is 10.4 Å². The highest BCUT2D eigenvalue weighted by Gasteiger charge is 2.11. The molecule has 0 aliphatic rings. The lowest BCUT2D eigenvalue weighted by molar-refractivity contribution is -0.497. The molecule has 2 rings (SSSR count). The van der Waals surface area contributed by atoms with E-state index in [9.17, 15) is 13.2 Å². The molecule has 2 aromatic carbocycles. The van der Waals surface area contributed by atoms with Gasteiger partial charge in [0.15, 0.2) is 0 Å². The van der Waals surface area contributed by atoms with Crippen LogP contribution in [0.1, 0.15) is 21.5 Å². The van der Waals surface area contributed by atoms with Gasteiger partial charge in [0.2, 0.25) is 10.0 Å². The summed E-state index contributed by atoms with van der Waals surface area (Å²) in [4.78, 5) is 16.3. The highest BCUT2D eigenvalue weighted by Crippen LogP contribution is 2.12. The third-order valence-electron chi connectivity index (χ3n) is 3.16. The number of nitrogens with two attached hydrogens (primary N) is 1. The fourth-order valence-electron chi connectivity index (χ4n) is 1.88. The van der Waals surface area contributed by atoms with Crippen molar-refractivity contribution in [3.05, 3.63) is 65.2 Å². The van der Waals surface area contributed by atoms with Crippen molar-refractivity contribution in [2.75, 3.05) is 0 Å². The van der Waals surface area contributed by atoms with Crippen LogP contribution in [0.5, 0.6) is 0 Å². The molecule has 2 aromatic rings. The van der Waals surface area contributed by atoms with Gasteiger partial charge in [0.05, 0.1) is 22.5 Å². The van der Waals surface area contributed by atoms with Crippen LogP contribution in [0, 0.1) is 0 Å². The van der Waals surface area contributed by atoms with Crippen molar-refractivity contribution in [3.63, 3.8) is 0 Å². The highest BCUT2D eigenvalue weighted by atomic mass is 32.2. The van der Waals surface area contributed by atoms with E-state index < -0.39 is 16.0 Å². The summed E-state index contributed by atoms with van der Waals surface area (Å²) in [7, 11) is -3.81. The van der Waals surface area contributed by atoms with Crippen LogP contribution in [-0.4, -0.2) is 30.2 Å². The average molecular weight is 368 g/mol. The number of primary sulfonamides is 1. The predicted molar refractivity (Wildman–Crippen MR) is 83.6 cm³/mol. The van der Waals surface area contributed by atoms with Crippen molar-refractivity contribution in [1.29, 1.82) is 0 Å². The predicted octanol–water partition coefficient (Wildman–Crippen LogP) is 1.20. The lowest BCUT2D eigenvalue weighted by atomic mass is 10.1. The van der Waals surface area contributed by atoms with Crippen LogP contribution in [0.15, 0.2) is 53.4 Å². The molecule has 10 heteroatoms. The Kier molecular flexibility index (Phi) is 6.20. The number of esters is 1. The van der Waals surface area contributed by atoms with E-state index in [1.54, 1.807) is 24.3 Å². The van der Waals surface area contributed by atoms with Gasteiger partial charge in [-0.1, -0.05) is 24.3 Å². The van der Waals surface area contributed by atoms with E-state index in [-0.39, 0.29) is 29.1 Å². The molecule has 0 fully saturated rings. The van der Waals surface area contributed by atoms with Crippen molar-refractivity contribution in [2.24, 2.45) is 5.14 Å². The van der Waals surface area contributed by atoms with Crippen LogP contribution < -0.4 is 5.14 Å². The Morgan fingerprint density at radius 3 is 1.96 bits per heavy atom. The number of sulfonamides is 1. The van der Waals surface area contributed by atoms with Gasteiger partial charge in [-0.25, -0.2) is 23.2 Å². The Balaban J connectivity index is 1.91. The smallest absolute Gasteiger partial charge is 0.338 e. The number of ether oxygens (including phenoxy) is 1. The molecule has 0 aromatic heterocycles. The molecule has 0 aliphatic heterocycles. The zero-order valence-corrected chi connectivity index (χ0v) is 13.7. The van der Waals surface area contributed by atoms with Gasteiger partial charge in [-0.15, -0.1) is 0 Å². The zero-order valence-electron chi connectivity index (χ0n) is 12.9. The summed E-state index contributed by atoms with van der Waals surface area (Å²) in [6.45, 7) is -0.0213. The molecule has 25 heavy (non-hydrogen) atoms. The monoisotopic (exact) mass is 368 g/mol. The number of carbonyl (C=O) groups excluding carboxylic acids is 1. The molecule has 9 nitrogen and oxygen atoms in total. The highest BCUT2D eigenvalue weighted by molar-refractivity contribution is 7.89. The van der Waals surface area contributed by atoms with Crippen molar-refractivity contribution < 1.29 is 33.2 Å². The van der Waals surface area contributed by atoms with Crippen molar-refractivity contribution in [2.45, 2.75) is 18.1 Å². The van der Waals surface area contributed by atoms with Gasteiger partial charge in [0.1, 0.15) is 6.61 Å². The Labute approximate surface area is 143 Å². The van der Waals surface area contributed by atoms with Crippen LogP contribution in [0.4, 0.5) is 0 Å². The summed E-state index contributed by atoms with van der Waals surface area (Å²) in [6, 6.07) is 11.8. The van der Waals surface area contributed by atoms with Gasteiger partial charge < -0.3 is 4.74 Å². The first-order valence-corrected chi connectivity index (χ1v) is 8.49. The molecule has 0 unspecified atom stereocenters. The third-order valence-corrected chi connectivity index (χ3v) is 4.09. The van der Waals surface area contributed by atoms with Gasteiger partial charge in [-0.05, 0) is 35.4 Å². The molecular weight excluding hydrogens is 352 g/mol. The molecule has 0 atom stereocenters. The zero-order chi connectivity index (χ0) is 18.4. The Morgan fingerprint density at radius 1 is 0.960 bits per heavy atom. The molecule has 0 radical (unpaired) electrons. The van der Waals surface area contributed by atoms with Gasteiger partial charge in [0, 0.05) is 0 Å². The molecule has 0 amide bonds. The third kappa shape index (κ3) is 5.90. The van der Waals surface area contributed by atoms with E-state index in [1.165, 1.54) is 24.3 Å². The minimum atomic E-state index is -3.81. The number of hydrogen-bond donors (Lipinski definition) is 3. The first-order valence-electron chi connectivity index (χ1n) is 6.94. The van der Waals surface area contributed by atoms with Crippen LogP contribution in [0.2, 0.25) is 0 Å². The van der Waals surface area contributed by atoms with E-state index in [0.717, 1.165) is 0 Å². The molecule has 0 aliphatic carbocycles. The maximum Gasteiger partial charge on any atom is 0.338 e. The molecule has 0 bridgehead atoms. The normalized spacial score (nSPS) is 11.5. The number of carbonyl (C=O) groups is 1. The Hall–Kier alpha value is -2.34. The Morgan fingerprint density at radius 2 is 1.48 bits per heavy atom. The summed E-state index contributed by atoms with van der Waals surface area (Å²) in [5.74, 6) is -0.607. The molecule has 4 N–H and O–H groups in total. The number of nitrogens with zero attached hydrogens (tertiary/aromatic N) is 1. The molecule has 134 valence electrons. The topological polar surface area (TPSA) is 139 Å². The SMILES string of the molecule is NS(=O)(=O)c1ccc(C(=O)OCc2ccc(CON(O)O)cc2)cc1. The maximum atomic E-state index is 11.9. The van der Waals surface area contributed by atoms with Crippen LogP contribution in [0.3, 0.4) is 0 Å². The molecule has 0 spiro atoms. The summed E-state index contributed by atoms with van der Waals surface area (Å²) in [5.41, 5.74) is 1.59. The molecule has 0 saturated carbocycles. The molecule has 0 heterocycles. The lowest BCUT2D eigenvalue weighted by Crippen LogP contribution is -2.13. The second-order valence-corrected chi connectivity index (χ2v) is 6.55. The standard InChI is InChI=1S/C15H16N2O7S/c16-25(21,22)14-7-5-13(6-8-14)15(18)23-9-11-1-3-12(4-2-11)10-24-17(19)20/h1-8,19-20H,9-10H2,(H2,16,21,22). The number of benzene rings is 2. The fourth-order valence-corrected chi connectivity index (χ4v) is 2.39. The van der Waals surface area contributed by atoms with Crippen LogP contribution >= 0.6 is 0 Å². The maximum absolute atomic E-state index is 11.9. The van der Waals surface area contributed by atoms with Crippen molar-refractivity contribution in [3.8, 4) is 0 Å². The summed E-state index contributed by atoms with van der Waals surface area (Å²) >= 11 is 0. The minimum Gasteiger partial charge on any atom is -0.457 e. The fraction of sp³-hybridized carbons (Fsp3) is 0.133. The second-order valence-electron chi connectivity index (χ2n) is 4.99. The lowest BCUT2D eigenvalue weighted by Gasteiger charge is -2.08. The number of rotatable bonds is 7. The van der Waals surface area contributed by atoms with E-state index in [2.05, 4.69) is 4.84 Å². The van der Waals surface area contributed by atoms with E-state index >= 15 is 0 Å². The van der Waals surface area contributed by atoms with E-state index in [0.29, 0.717) is 11.1 Å². The molecule has 0 saturated heterocycles. The minimum absolute atomic E-state index is 0.0169. The van der Waals surface area contributed by atoms with Gasteiger partial charge >= 0.3 is 5.97 Å². The van der Waals surface area contributed by atoms with Crippen LogP contribution in [-0.2, 0) is 32.8 Å². The summed E-state index contributed by atoms with van der Waals surface area (Å²) in [6.07, 6.45) is 0. The quantitative estimate of drug-likeness (QED) is 0.489.